The van der Waals surface area contributed by atoms with E-state index in [2.05, 4.69) is 17.2 Å². The lowest BCUT2D eigenvalue weighted by Crippen LogP contribution is -2.47. The predicted molar refractivity (Wildman–Crippen MR) is 72.6 cm³/mol. The molecule has 1 unspecified atom stereocenters. The van der Waals surface area contributed by atoms with Gasteiger partial charge in [0, 0.05) is 6.20 Å². The zero-order valence-corrected chi connectivity index (χ0v) is 11.1. The van der Waals surface area contributed by atoms with Crippen LogP contribution in [0.15, 0.2) is 12.3 Å². The Hall–Kier alpha value is -1.42. The molecule has 1 aliphatic rings. The number of nitrogens with zero attached hydrogens (tertiary/aromatic N) is 1. The summed E-state index contributed by atoms with van der Waals surface area (Å²) in [7, 11) is 0. The van der Waals surface area contributed by atoms with Crippen molar-refractivity contribution in [3.05, 3.63) is 23.4 Å². The van der Waals surface area contributed by atoms with E-state index in [4.69, 9.17) is 5.73 Å². The molecule has 0 radical (unpaired) electrons. The first kappa shape index (κ1) is 13.0. The van der Waals surface area contributed by atoms with E-state index in [-0.39, 0.29) is 5.78 Å². The summed E-state index contributed by atoms with van der Waals surface area (Å²) in [4.78, 5) is 16.8. The van der Waals surface area contributed by atoms with Gasteiger partial charge in [0.15, 0.2) is 5.78 Å². The second kappa shape index (κ2) is 5.06. The number of carbonyl (C=O) groups excluding carboxylic acids is 1. The Morgan fingerprint density at radius 3 is 3.00 bits per heavy atom. The highest BCUT2D eigenvalue weighted by atomic mass is 16.1. The Labute approximate surface area is 108 Å². The van der Waals surface area contributed by atoms with Crippen molar-refractivity contribution in [2.75, 3.05) is 12.3 Å². The number of nitrogen functional groups attached to an aromatic ring is 1. The summed E-state index contributed by atoms with van der Waals surface area (Å²) in [6.45, 7) is 4.94. The average Bonchev–Trinajstić information content (AvgIpc) is 2.82. The van der Waals surface area contributed by atoms with Crippen LogP contribution in [0, 0.1) is 6.92 Å². The summed E-state index contributed by atoms with van der Waals surface area (Å²) in [6.07, 6.45) is 5.48. The smallest absolute Gasteiger partial charge is 0.186 e. The van der Waals surface area contributed by atoms with Gasteiger partial charge in [-0.25, -0.2) is 4.98 Å². The molecule has 0 spiro atoms. The van der Waals surface area contributed by atoms with E-state index in [1.807, 2.05) is 13.0 Å². The first-order chi connectivity index (χ1) is 8.59. The molecule has 1 fully saturated rings. The van der Waals surface area contributed by atoms with Gasteiger partial charge < -0.3 is 11.1 Å². The molecular formula is C14H21N3O. The lowest BCUT2D eigenvalue weighted by molar-refractivity contribution is 0.0858. The molecule has 4 heteroatoms. The van der Waals surface area contributed by atoms with Crippen LogP contribution in [0.1, 0.15) is 48.5 Å². The summed E-state index contributed by atoms with van der Waals surface area (Å²) >= 11 is 0. The topological polar surface area (TPSA) is 68.0 Å². The maximum Gasteiger partial charge on any atom is 0.186 e. The number of aromatic nitrogens is 1. The van der Waals surface area contributed by atoms with Gasteiger partial charge in [0.1, 0.15) is 5.82 Å². The number of aryl methyl sites for hydroxylation is 1. The molecule has 0 saturated carbocycles. The van der Waals surface area contributed by atoms with E-state index in [1.54, 1.807) is 6.20 Å². The van der Waals surface area contributed by atoms with Gasteiger partial charge in [0.05, 0.1) is 11.1 Å². The van der Waals surface area contributed by atoms with Crippen LogP contribution in [0.3, 0.4) is 0 Å². The summed E-state index contributed by atoms with van der Waals surface area (Å²) in [5.41, 5.74) is 6.97. The van der Waals surface area contributed by atoms with Gasteiger partial charge in [0.2, 0.25) is 0 Å². The largest absolute Gasteiger partial charge is 0.383 e. The molecule has 0 aromatic carbocycles. The van der Waals surface area contributed by atoms with Crippen molar-refractivity contribution < 1.29 is 4.79 Å². The van der Waals surface area contributed by atoms with Gasteiger partial charge >= 0.3 is 0 Å². The van der Waals surface area contributed by atoms with Gasteiger partial charge in [-0.05, 0) is 44.4 Å². The molecule has 0 aliphatic carbocycles. The highest BCUT2D eigenvalue weighted by Crippen LogP contribution is 2.30. The standard InChI is InChI=1S/C14H21N3O/c1-3-5-14(6-4-7-17-14)12(18)11-8-10(2)9-16-13(11)15/h8-9,17H,3-7H2,1-2H3,(H2,15,16). The highest BCUT2D eigenvalue weighted by Gasteiger charge is 2.41. The molecule has 1 saturated heterocycles. The first-order valence-electron chi connectivity index (χ1n) is 6.61. The number of carbonyl (C=O) groups is 1. The molecule has 2 heterocycles. The normalized spacial score (nSPS) is 23.2. The van der Waals surface area contributed by atoms with E-state index in [9.17, 15) is 4.79 Å². The summed E-state index contributed by atoms with van der Waals surface area (Å²) in [5, 5.41) is 3.38. The number of ketones is 1. The van der Waals surface area contributed by atoms with Crippen LogP contribution in [-0.2, 0) is 0 Å². The minimum atomic E-state index is -0.418. The van der Waals surface area contributed by atoms with Crippen LogP contribution in [0.4, 0.5) is 5.82 Å². The quantitative estimate of drug-likeness (QED) is 0.799. The SMILES string of the molecule is CCCC1(C(=O)c2cc(C)cnc2N)CCCN1. The number of hydrogen-bond acceptors (Lipinski definition) is 4. The minimum absolute atomic E-state index is 0.107. The van der Waals surface area contributed by atoms with E-state index < -0.39 is 5.54 Å². The van der Waals surface area contributed by atoms with Crippen molar-refractivity contribution in [1.29, 1.82) is 0 Å². The second-order valence-corrected chi connectivity index (χ2v) is 5.14. The minimum Gasteiger partial charge on any atom is -0.383 e. The molecule has 1 aliphatic heterocycles. The number of rotatable bonds is 4. The van der Waals surface area contributed by atoms with E-state index >= 15 is 0 Å². The highest BCUT2D eigenvalue weighted by molar-refractivity contribution is 6.06. The summed E-state index contributed by atoms with van der Waals surface area (Å²) in [5.74, 6) is 0.449. The molecule has 2 rings (SSSR count). The van der Waals surface area contributed by atoms with Crippen molar-refractivity contribution in [2.45, 2.75) is 45.1 Å². The van der Waals surface area contributed by atoms with E-state index in [0.29, 0.717) is 11.4 Å². The van der Waals surface area contributed by atoms with E-state index in [0.717, 1.165) is 37.8 Å². The maximum absolute atomic E-state index is 12.7. The number of nitrogens with two attached hydrogens (primary N) is 1. The van der Waals surface area contributed by atoms with Gasteiger partial charge in [-0.15, -0.1) is 0 Å². The Bertz CT molecular complexity index is 450. The van der Waals surface area contributed by atoms with Crippen LogP contribution in [0.5, 0.6) is 0 Å². The Morgan fingerprint density at radius 1 is 1.61 bits per heavy atom. The van der Waals surface area contributed by atoms with Crippen molar-refractivity contribution in [2.24, 2.45) is 0 Å². The van der Waals surface area contributed by atoms with Crippen molar-refractivity contribution in [3.8, 4) is 0 Å². The Balaban J connectivity index is 2.36. The molecule has 0 amide bonds. The van der Waals surface area contributed by atoms with Gasteiger partial charge in [-0.2, -0.15) is 0 Å². The fourth-order valence-corrected chi connectivity index (χ4v) is 2.77. The molecule has 1 aromatic rings. The predicted octanol–water partition coefficient (Wildman–Crippen LogP) is 2.08. The Morgan fingerprint density at radius 2 is 2.39 bits per heavy atom. The number of pyridine rings is 1. The van der Waals surface area contributed by atoms with Crippen LogP contribution >= 0.6 is 0 Å². The third-order valence-corrected chi connectivity index (χ3v) is 3.65. The van der Waals surface area contributed by atoms with Crippen LogP contribution < -0.4 is 11.1 Å². The molecular weight excluding hydrogens is 226 g/mol. The monoisotopic (exact) mass is 247 g/mol. The Kier molecular flexibility index (Phi) is 3.66. The lowest BCUT2D eigenvalue weighted by atomic mass is 9.84. The lowest BCUT2D eigenvalue weighted by Gasteiger charge is -2.28. The fourth-order valence-electron chi connectivity index (χ4n) is 2.77. The van der Waals surface area contributed by atoms with Gasteiger partial charge in [-0.3, -0.25) is 4.79 Å². The molecule has 18 heavy (non-hydrogen) atoms. The zero-order valence-electron chi connectivity index (χ0n) is 11.1. The van der Waals surface area contributed by atoms with E-state index in [1.165, 1.54) is 0 Å². The zero-order chi connectivity index (χ0) is 13.2. The molecule has 1 aromatic heterocycles. The van der Waals surface area contributed by atoms with Crippen LogP contribution in [-0.4, -0.2) is 22.9 Å². The number of nitrogens with one attached hydrogen (secondary N) is 1. The van der Waals surface area contributed by atoms with Crippen molar-refractivity contribution in [3.63, 3.8) is 0 Å². The van der Waals surface area contributed by atoms with Crippen LogP contribution in [0.2, 0.25) is 0 Å². The van der Waals surface area contributed by atoms with Crippen LogP contribution in [0.25, 0.3) is 0 Å². The number of hydrogen-bond donors (Lipinski definition) is 2. The fraction of sp³-hybridized carbons (Fsp3) is 0.571. The average molecular weight is 247 g/mol. The van der Waals surface area contributed by atoms with Gasteiger partial charge in [0.25, 0.3) is 0 Å². The summed E-state index contributed by atoms with van der Waals surface area (Å²) in [6, 6.07) is 1.85. The van der Waals surface area contributed by atoms with Gasteiger partial charge in [-0.1, -0.05) is 13.3 Å². The van der Waals surface area contributed by atoms with Crippen molar-refractivity contribution >= 4 is 11.6 Å². The molecule has 98 valence electrons. The molecule has 0 bridgehead atoms. The molecule has 3 N–H and O–H groups in total. The molecule has 1 atom stereocenters. The third-order valence-electron chi connectivity index (χ3n) is 3.65. The molecule has 4 nitrogen and oxygen atoms in total. The summed E-state index contributed by atoms with van der Waals surface area (Å²) < 4.78 is 0. The van der Waals surface area contributed by atoms with Crippen molar-refractivity contribution in [1.82, 2.24) is 10.3 Å². The maximum atomic E-state index is 12.7. The number of Topliss-reactive ketones (excluding diaryl/α,β-unsaturated/α-hetero) is 1. The third kappa shape index (κ3) is 2.25. The first-order valence-corrected chi connectivity index (χ1v) is 6.61. The second-order valence-electron chi connectivity index (χ2n) is 5.14. The number of anilines is 1.